The first kappa shape index (κ1) is 17.7. The molecule has 0 saturated heterocycles. The number of esters is 1. The maximum absolute atomic E-state index is 12.8. The molecule has 0 atom stereocenters. The molecule has 0 radical (unpaired) electrons. The van der Waals surface area contributed by atoms with Gasteiger partial charge in [0.05, 0.1) is 27.1 Å². The average Bonchev–Trinajstić information content (AvgIpc) is 3.13. The topological polar surface area (TPSA) is 69.9 Å². The highest BCUT2D eigenvalue weighted by molar-refractivity contribution is 9.10. The van der Waals surface area contributed by atoms with Gasteiger partial charge in [-0.25, -0.2) is 9.38 Å². The monoisotopic (exact) mass is 444 g/mol. The summed E-state index contributed by atoms with van der Waals surface area (Å²) in [5, 5.41) is 0. The zero-order valence-electron chi connectivity index (χ0n) is 14.4. The Labute approximate surface area is 165 Å². The van der Waals surface area contributed by atoms with Gasteiger partial charge in [0.15, 0.2) is 16.5 Å². The van der Waals surface area contributed by atoms with Crippen LogP contribution < -0.4 is 19.6 Å². The Hall–Kier alpha value is -2.71. The first-order valence-corrected chi connectivity index (χ1v) is 9.56. The largest absolute Gasteiger partial charge is 0.493 e. The van der Waals surface area contributed by atoms with Crippen LogP contribution in [0.5, 0.6) is 11.5 Å². The van der Waals surface area contributed by atoms with Crippen LogP contribution in [0.3, 0.4) is 0 Å². The van der Waals surface area contributed by atoms with Gasteiger partial charge in [0.25, 0.3) is 5.56 Å². The smallest absolute Gasteiger partial charge is 0.308 e. The number of halogens is 1. The van der Waals surface area contributed by atoms with Crippen LogP contribution >= 0.6 is 27.3 Å². The number of aromatic nitrogens is 2. The number of carbonyl (C=O) groups is 1. The molecule has 27 heavy (non-hydrogen) atoms. The van der Waals surface area contributed by atoms with E-state index in [0.717, 1.165) is 16.6 Å². The number of hydrogen-bond acceptors (Lipinski definition) is 6. The van der Waals surface area contributed by atoms with E-state index >= 15 is 0 Å². The van der Waals surface area contributed by atoms with E-state index in [1.54, 1.807) is 22.6 Å². The molecule has 0 bridgehead atoms. The van der Waals surface area contributed by atoms with E-state index in [2.05, 4.69) is 20.9 Å². The maximum atomic E-state index is 12.8. The van der Waals surface area contributed by atoms with Gasteiger partial charge in [-0.1, -0.05) is 23.5 Å². The molecule has 4 aromatic rings. The van der Waals surface area contributed by atoms with Crippen molar-refractivity contribution in [1.29, 1.82) is 0 Å². The molecule has 2 aromatic heterocycles. The molecule has 0 aliphatic heterocycles. The summed E-state index contributed by atoms with van der Waals surface area (Å²) < 4.78 is 13.2. The number of hydrogen-bond donors (Lipinski definition) is 0. The Morgan fingerprint density at radius 2 is 2.07 bits per heavy atom. The number of rotatable bonds is 3. The molecule has 2 aromatic carbocycles. The molecule has 136 valence electrons. The molecule has 8 heteroatoms. The second-order valence-electron chi connectivity index (χ2n) is 5.76. The van der Waals surface area contributed by atoms with Gasteiger partial charge < -0.3 is 9.47 Å². The lowest BCUT2D eigenvalue weighted by Crippen LogP contribution is -2.22. The molecular weight excluding hydrogens is 432 g/mol. The second kappa shape index (κ2) is 6.79. The molecule has 2 heterocycles. The van der Waals surface area contributed by atoms with Gasteiger partial charge in [-0.15, -0.1) is 0 Å². The van der Waals surface area contributed by atoms with Gasteiger partial charge >= 0.3 is 5.97 Å². The fraction of sp³-hybridized carbons (Fsp3) is 0.105. The van der Waals surface area contributed by atoms with Gasteiger partial charge in [-0.05, 0) is 51.8 Å². The van der Waals surface area contributed by atoms with Crippen LogP contribution in [-0.4, -0.2) is 22.5 Å². The lowest BCUT2D eigenvalue weighted by atomic mass is 10.2. The third kappa shape index (κ3) is 3.11. The van der Waals surface area contributed by atoms with Crippen LogP contribution in [0.2, 0.25) is 0 Å². The Bertz CT molecular complexity index is 1310. The quantitative estimate of drug-likeness (QED) is 0.358. The van der Waals surface area contributed by atoms with Crippen LogP contribution in [0, 0.1) is 0 Å². The summed E-state index contributed by atoms with van der Waals surface area (Å²) in [5.41, 5.74) is 2.20. The minimum absolute atomic E-state index is 0.122. The summed E-state index contributed by atoms with van der Waals surface area (Å²) in [5.74, 6) is 0.250. The standard InChI is InChI=1S/C19H13BrN2O4S/c1-10(23)26-17-12(20)7-11(8-15(17)25-2)9-16-18(24)22-14-6-4-3-5-13(14)21-19(22)27-16/h3-9H,1-2H3/b16-9+. The van der Waals surface area contributed by atoms with Crippen LogP contribution in [0.15, 0.2) is 45.7 Å². The van der Waals surface area contributed by atoms with E-state index in [-0.39, 0.29) is 5.56 Å². The average molecular weight is 445 g/mol. The van der Waals surface area contributed by atoms with Crippen LogP contribution in [0.4, 0.5) is 0 Å². The first-order chi connectivity index (χ1) is 13.0. The molecular formula is C19H13BrN2O4S. The number of para-hydroxylation sites is 2. The van der Waals surface area contributed by atoms with Crippen LogP contribution in [0.1, 0.15) is 12.5 Å². The molecule has 0 aliphatic rings. The molecule has 4 rings (SSSR count). The van der Waals surface area contributed by atoms with E-state index in [4.69, 9.17) is 9.47 Å². The number of carbonyl (C=O) groups excluding carboxylic acids is 1. The van der Waals surface area contributed by atoms with E-state index in [1.807, 2.05) is 24.3 Å². The molecule has 0 aliphatic carbocycles. The molecule has 0 unspecified atom stereocenters. The number of methoxy groups -OCH3 is 1. The van der Waals surface area contributed by atoms with E-state index in [9.17, 15) is 9.59 Å². The summed E-state index contributed by atoms with van der Waals surface area (Å²) >= 11 is 4.71. The van der Waals surface area contributed by atoms with Crippen molar-refractivity contribution in [2.75, 3.05) is 7.11 Å². The van der Waals surface area contributed by atoms with Gasteiger partial charge in [-0.3, -0.25) is 9.59 Å². The minimum Gasteiger partial charge on any atom is -0.493 e. The van der Waals surface area contributed by atoms with E-state index in [1.165, 1.54) is 25.4 Å². The number of ether oxygens (including phenoxy) is 2. The molecule has 6 nitrogen and oxygen atoms in total. The van der Waals surface area contributed by atoms with E-state index in [0.29, 0.717) is 25.5 Å². The highest BCUT2D eigenvalue weighted by Gasteiger charge is 2.14. The number of fused-ring (bicyclic) bond motifs is 3. The van der Waals surface area contributed by atoms with E-state index < -0.39 is 5.97 Å². The zero-order chi connectivity index (χ0) is 19.1. The third-order valence-electron chi connectivity index (χ3n) is 3.94. The summed E-state index contributed by atoms with van der Waals surface area (Å²) in [7, 11) is 1.49. The van der Waals surface area contributed by atoms with Gasteiger partial charge in [0, 0.05) is 6.92 Å². The van der Waals surface area contributed by atoms with Gasteiger partial charge in [0.1, 0.15) is 0 Å². The lowest BCUT2D eigenvalue weighted by molar-refractivity contribution is -0.132. The van der Waals surface area contributed by atoms with Crippen molar-refractivity contribution in [3.05, 3.63) is 61.3 Å². The predicted octanol–water partition coefficient (Wildman–Crippen LogP) is 3.15. The number of thiazole rings is 1. The number of nitrogens with zero attached hydrogens (tertiary/aromatic N) is 2. The van der Waals surface area contributed by atoms with Crippen molar-refractivity contribution >= 4 is 55.3 Å². The highest BCUT2D eigenvalue weighted by atomic mass is 79.9. The summed E-state index contributed by atoms with van der Waals surface area (Å²) in [6, 6.07) is 11.0. The predicted molar refractivity (Wildman–Crippen MR) is 108 cm³/mol. The Balaban J connectivity index is 1.89. The zero-order valence-corrected chi connectivity index (χ0v) is 16.8. The highest BCUT2D eigenvalue weighted by Crippen LogP contribution is 2.37. The fourth-order valence-corrected chi connectivity index (χ4v) is 4.36. The fourth-order valence-electron chi connectivity index (χ4n) is 2.83. The van der Waals surface area contributed by atoms with Crippen molar-refractivity contribution in [2.45, 2.75) is 6.92 Å². The SMILES string of the molecule is COc1cc(/C=c2/sc3nc4ccccc4n3c2=O)cc(Br)c1OC(C)=O. The van der Waals surface area contributed by atoms with Crippen molar-refractivity contribution in [1.82, 2.24) is 9.38 Å². The van der Waals surface area contributed by atoms with Crippen molar-refractivity contribution in [3.8, 4) is 11.5 Å². The number of imidazole rings is 1. The lowest BCUT2D eigenvalue weighted by Gasteiger charge is -2.10. The Morgan fingerprint density at radius 1 is 1.30 bits per heavy atom. The minimum atomic E-state index is -0.445. The van der Waals surface area contributed by atoms with Crippen LogP contribution in [-0.2, 0) is 4.79 Å². The number of benzene rings is 2. The maximum Gasteiger partial charge on any atom is 0.308 e. The first-order valence-electron chi connectivity index (χ1n) is 7.95. The molecule has 0 N–H and O–H groups in total. The van der Waals surface area contributed by atoms with Crippen molar-refractivity contribution < 1.29 is 14.3 Å². The van der Waals surface area contributed by atoms with Gasteiger partial charge in [-0.2, -0.15) is 0 Å². The summed E-state index contributed by atoms with van der Waals surface area (Å²) in [6.45, 7) is 1.32. The molecule has 0 spiro atoms. The summed E-state index contributed by atoms with van der Waals surface area (Å²) in [4.78, 5) is 29.3. The van der Waals surface area contributed by atoms with Crippen molar-refractivity contribution in [2.24, 2.45) is 0 Å². The molecule has 0 amide bonds. The summed E-state index contributed by atoms with van der Waals surface area (Å²) in [6.07, 6.45) is 1.77. The van der Waals surface area contributed by atoms with Gasteiger partial charge in [0.2, 0.25) is 0 Å². The van der Waals surface area contributed by atoms with Crippen LogP contribution in [0.25, 0.3) is 22.1 Å². The molecule has 0 fully saturated rings. The normalized spacial score (nSPS) is 12.0. The second-order valence-corrected chi connectivity index (χ2v) is 7.63. The van der Waals surface area contributed by atoms with Crippen molar-refractivity contribution in [3.63, 3.8) is 0 Å². The Morgan fingerprint density at radius 3 is 2.81 bits per heavy atom. The third-order valence-corrected chi connectivity index (χ3v) is 5.50. The Kier molecular flexibility index (Phi) is 4.45. The molecule has 0 saturated carbocycles.